The Balaban J connectivity index is -0.00000000500. The van der Waals surface area contributed by atoms with Crippen LogP contribution in [0.4, 0.5) is 0 Å². The van der Waals surface area contributed by atoms with E-state index in [4.69, 9.17) is 0 Å². The van der Waals surface area contributed by atoms with Crippen LogP contribution in [0.3, 0.4) is 0 Å². The zero-order valence-corrected chi connectivity index (χ0v) is 15.8. The van der Waals surface area contributed by atoms with Crippen LogP contribution in [-0.4, -0.2) is 0 Å². The van der Waals surface area contributed by atoms with Gasteiger partial charge in [0.15, 0.2) is 0 Å². The van der Waals surface area contributed by atoms with Crippen molar-refractivity contribution in [3.05, 3.63) is 0 Å². The third-order valence-electron chi connectivity index (χ3n) is 0. The van der Waals surface area contributed by atoms with Crippen LogP contribution in [0.5, 0.6) is 0 Å². The third kappa shape index (κ3) is 8.83. The van der Waals surface area contributed by atoms with Gasteiger partial charge in [-0.25, -0.2) is 0 Å². The van der Waals surface area contributed by atoms with Crippen molar-refractivity contribution in [1.82, 2.24) is 0 Å². The first-order valence-corrected chi connectivity index (χ1v) is 7.60. The minimum absolute atomic E-state index is 0. The maximum Gasteiger partial charge on any atom is 0 e. The molecule has 0 radical (unpaired) electrons. The monoisotopic (exact) mass is 412 g/mol. The van der Waals surface area contributed by atoms with Crippen molar-refractivity contribution in [2.75, 3.05) is 0 Å². The third-order valence-corrected chi connectivity index (χ3v) is 0. The zero-order chi connectivity index (χ0) is 2.00. The molecule has 0 aliphatic carbocycles. The average Bonchev–Trinajstić information content (AvgIpc) is 1.00. The van der Waals surface area contributed by atoms with Gasteiger partial charge in [0.25, 0.3) is 0 Å². The van der Waals surface area contributed by atoms with Crippen LogP contribution in [0, 0.1) is 0 Å². The molecule has 0 N–H and O–H groups in total. The molecule has 0 saturated carbocycles. The van der Waals surface area contributed by atoms with Gasteiger partial charge in [0, 0.05) is 46.8 Å². The predicted molar refractivity (Wildman–Crippen MR) is 7.59 cm³/mol. The maximum atomic E-state index is 4.28. The molecule has 0 spiro atoms. The molecule has 0 saturated heterocycles. The van der Waals surface area contributed by atoms with Crippen molar-refractivity contribution < 1.29 is 70.8 Å². The molecular formula is CdHgSZn. The van der Waals surface area contributed by atoms with Crippen LogP contribution in [0.1, 0.15) is 0 Å². The first kappa shape index (κ1) is 15.9. The van der Waals surface area contributed by atoms with Gasteiger partial charge in [0.2, 0.25) is 0 Å². The summed E-state index contributed by atoms with van der Waals surface area (Å²) in [6.45, 7) is 0. The van der Waals surface area contributed by atoms with Crippen molar-refractivity contribution in [3.63, 3.8) is 0 Å². The van der Waals surface area contributed by atoms with E-state index in [0.717, 1.165) is 0 Å². The average molecular weight is 410 g/mol. The van der Waals surface area contributed by atoms with Gasteiger partial charge < -0.3 is 0 Å². The molecule has 0 nitrogen and oxygen atoms in total. The van der Waals surface area contributed by atoms with E-state index in [1.54, 1.807) is 0 Å². The number of hydrogen-bond donors (Lipinski definition) is 0. The van der Waals surface area contributed by atoms with Crippen LogP contribution in [0.15, 0.2) is 0 Å². The van der Waals surface area contributed by atoms with Gasteiger partial charge in [-0.2, -0.15) is 0 Å². The van der Waals surface area contributed by atoms with Crippen molar-refractivity contribution in [2.45, 2.75) is 0 Å². The summed E-state index contributed by atoms with van der Waals surface area (Å²) < 4.78 is 0. The molecule has 0 fully saturated rings. The molecule has 0 aromatic rings. The molecule has 0 unspecified atom stereocenters. The molecule has 0 aromatic carbocycles. The molecule has 12 valence electrons. The topological polar surface area (TPSA) is 0 Å². The first-order valence-electron chi connectivity index (χ1n) is 0.289. The number of rotatable bonds is 0. The minimum Gasteiger partial charge on any atom is 0 e. The van der Waals surface area contributed by atoms with Crippen molar-refractivity contribution in [2.24, 2.45) is 0 Å². The number of hydrogen-bond acceptors (Lipinski definition) is 1. The summed E-state index contributed by atoms with van der Waals surface area (Å²) in [6.07, 6.45) is 0. The quantitative estimate of drug-likeness (QED) is 0.529. The van der Waals surface area contributed by atoms with Gasteiger partial charge in [0.05, 0.1) is 0 Å². The van der Waals surface area contributed by atoms with Gasteiger partial charge >= 0.3 is 32.6 Å². The van der Waals surface area contributed by atoms with Gasteiger partial charge in [-0.1, -0.05) is 0 Å². The SMILES string of the molecule is [Cd].[S]=[Hg].[Zn]. The Morgan fingerprint density at radius 3 is 1.25 bits per heavy atom. The second kappa shape index (κ2) is 17.3. The van der Waals surface area contributed by atoms with E-state index in [1.807, 2.05) is 0 Å². The van der Waals surface area contributed by atoms with E-state index in [-0.39, 0.29) is 46.8 Å². The molecule has 0 amide bonds. The molecule has 0 atom stereocenters. The second-order valence-corrected chi connectivity index (χ2v) is 0. The molecule has 4 heteroatoms. The molecule has 0 aromatic heterocycles. The van der Waals surface area contributed by atoms with Crippen molar-refractivity contribution in [1.29, 1.82) is 0 Å². The first-order chi connectivity index (χ1) is 1.00. The van der Waals surface area contributed by atoms with Gasteiger partial charge in [0.1, 0.15) is 0 Å². The van der Waals surface area contributed by atoms with E-state index in [2.05, 4.69) is 8.58 Å². The summed E-state index contributed by atoms with van der Waals surface area (Å²) in [4.78, 5) is 0. The van der Waals surface area contributed by atoms with Crippen LogP contribution in [0.2, 0.25) is 0 Å². The Labute approximate surface area is 77.8 Å². The predicted octanol–water partition coefficient (Wildman–Crippen LogP) is 0.641. The zero-order valence-electron chi connectivity index (χ0n) is 2.53. The van der Waals surface area contributed by atoms with Crippen molar-refractivity contribution >= 4 is 8.58 Å². The summed E-state index contributed by atoms with van der Waals surface area (Å²) in [5.74, 6) is 0. The maximum absolute atomic E-state index is 4.28. The van der Waals surface area contributed by atoms with E-state index >= 15 is 0 Å². The largest absolute Gasteiger partial charge is 0 e. The molecule has 0 aliphatic rings. The Morgan fingerprint density at radius 1 is 1.25 bits per heavy atom. The Morgan fingerprint density at radius 2 is 1.25 bits per heavy atom. The van der Waals surface area contributed by atoms with E-state index < -0.39 is 0 Å². The normalized spacial score (nSPS) is 1.50. The van der Waals surface area contributed by atoms with E-state index in [0.29, 0.717) is 24.0 Å². The molecule has 4 heavy (non-hydrogen) atoms. The molecule has 0 bridgehead atoms. The summed E-state index contributed by atoms with van der Waals surface area (Å²) in [7, 11) is 4.28. The minimum atomic E-state index is 0. The Kier molecular flexibility index (Phi) is 68.7. The van der Waals surface area contributed by atoms with Crippen LogP contribution < -0.4 is 0 Å². The molecular weight excluding hydrogens is 410 g/mol. The second-order valence-electron chi connectivity index (χ2n) is 0. The Bertz CT molecular complexity index is 8.00. The standard InChI is InChI=1S/Cd.Hg.S.Zn. The summed E-state index contributed by atoms with van der Waals surface area (Å²) in [5.41, 5.74) is 0. The molecule has 0 rings (SSSR count). The van der Waals surface area contributed by atoms with Crippen LogP contribution in [0.25, 0.3) is 0 Å². The fraction of sp³-hybridized carbons (Fsp3) is 0. The summed E-state index contributed by atoms with van der Waals surface area (Å²) in [6, 6.07) is 0. The van der Waals surface area contributed by atoms with Crippen LogP contribution >= 0.6 is 8.58 Å². The molecule has 0 heterocycles. The van der Waals surface area contributed by atoms with Gasteiger partial charge in [-0.15, -0.1) is 0 Å². The van der Waals surface area contributed by atoms with E-state index in [1.165, 1.54) is 0 Å². The van der Waals surface area contributed by atoms with Gasteiger partial charge in [-0.3, -0.25) is 0 Å². The smallest absolute Gasteiger partial charge is 0 e. The Hall–Kier alpha value is 2.70. The summed E-state index contributed by atoms with van der Waals surface area (Å²) in [5, 5.41) is 0. The summed E-state index contributed by atoms with van der Waals surface area (Å²) >= 11 is 0.611. The fourth-order valence-electron chi connectivity index (χ4n) is 0. The fourth-order valence-corrected chi connectivity index (χ4v) is 0. The molecule has 0 aliphatic heterocycles. The van der Waals surface area contributed by atoms with Crippen LogP contribution in [-0.2, 0) is 70.8 Å². The van der Waals surface area contributed by atoms with E-state index in [9.17, 15) is 0 Å². The van der Waals surface area contributed by atoms with Crippen molar-refractivity contribution in [3.8, 4) is 0 Å². The van der Waals surface area contributed by atoms with Gasteiger partial charge in [-0.05, 0) is 0 Å².